The van der Waals surface area contributed by atoms with Crippen LogP contribution in [0.1, 0.15) is 36.8 Å². The average molecular weight is 449 g/mol. The second kappa shape index (κ2) is 10.7. The van der Waals surface area contributed by atoms with Crippen molar-refractivity contribution >= 4 is 17.7 Å². The van der Waals surface area contributed by atoms with Crippen LogP contribution in [0.3, 0.4) is 0 Å². The van der Waals surface area contributed by atoms with E-state index in [4.69, 9.17) is 16.3 Å². The number of hydrogen-bond acceptors (Lipinski definition) is 3. The highest BCUT2D eigenvalue weighted by Crippen LogP contribution is 2.24. The third-order valence-electron chi connectivity index (χ3n) is 5.95. The summed E-state index contributed by atoms with van der Waals surface area (Å²) in [6.07, 6.45) is 2.17. The van der Waals surface area contributed by atoms with Gasteiger partial charge in [0.05, 0.1) is 0 Å². The molecule has 1 unspecified atom stereocenters. The van der Waals surface area contributed by atoms with Crippen molar-refractivity contribution in [3.8, 4) is 16.9 Å². The molecule has 0 radical (unpaired) electrons. The summed E-state index contributed by atoms with van der Waals surface area (Å²) in [5.74, 6) is 0.717. The molecule has 0 aromatic heterocycles. The van der Waals surface area contributed by atoms with Gasteiger partial charge < -0.3 is 10.1 Å². The third-order valence-corrected chi connectivity index (χ3v) is 6.20. The lowest BCUT2D eigenvalue weighted by atomic mass is 10.00. The molecule has 166 valence electrons. The first-order chi connectivity index (χ1) is 15.6. The molecule has 1 heterocycles. The van der Waals surface area contributed by atoms with E-state index in [1.165, 1.54) is 37.1 Å². The van der Waals surface area contributed by atoms with Crippen molar-refractivity contribution in [3.63, 3.8) is 0 Å². The Bertz CT molecular complexity index is 1010. The Hall–Kier alpha value is -2.82. The number of nitrogens with zero attached hydrogens (tertiary/aromatic N) is 1. The lowest BCUT2D eigenvalue weighted by molar-refractivity contribution is 0.200. The fourth-order valence-corrected chi connectivity index (χ4v) is 4.13. The summed E-state index contributed by atoms with van der Waals surface area (Å²) < 4.78 is 5.43. The minimum absolute atomic E-state index is 0.204. The summed E-state index contributed by atoms with van der Waals surface area (Å²) in [4.78, 5) is 14.7. The lowest BCUT2D eigenvalue weighted by Gasteiger charge is -2.16. The highest BCUT2D eigenvalue weighted by molar-refractivity contribution is 6.30. The van der Waals surface area contributed by atoms with Crippen LogP contribution in [0, 0.1) is 0 Å². The molecule has 0 spiro atoms. The van der Waals surface area contributed by atoms with Gasteiger partial charge >= 0.3 is 6.09 Å². The summed E-state index contributed by atoms with van der Waals surface area (Å²) in [7, 11) is 0. The van der Waals surface area contributed by atoms with Gasteiger partial charge in [-0.2, -0.15) is 0 Å². The minimum atomic E-state index is -0.443. The molecule has 4 nitrogen and oxygen atoms in total. The van der Waals surface area contributed by atoms with Gasteiger partial charge in [0.1, 0.15) is 5.75 Å². The number of carbonyl (C=O) groups is 1. The quantitative estimate of drug-likeness (QED) is 0.448. The predicted molar refractivity (Wildman–Crippen MR) is 130 cm³/mol. The maximum Gasteiger partial charge on any atom is 0.412 e. The van der Waals surface area contributed by atoms with Gasteiger partial charge in [-0.3, -0.25) is 4.90 Å². The van der Waals surface area contributed by atoms with Crippen LogP contribution >= 0.6 is 11.6 Å². The second-order valence-electron chi connectivity index (χ2n) is 8.43. The molecule has 0 saturated carbocycles. The van der Waals surface area contributed by atoms with Crippen LogP contribution in [0.5, 0.6) is 5.75 Å². The molecule has 1 atom stereocenters. The Balaban J connectivity index is 1.24. The Kier molecular flexibility index (Phi) is 7.46. The standard InChI is InChI=1S/C27H29ClN2O2/c1-20(22-6-4-21(5-7-22)19-30-16-2-3-17-30)18-29-27(31)32-26-14-10-24(11-15-26)23-8-12-25(28)13-9-23/h4-15,20H,2-3,16-19H2,1H3,(H,29,31). The topological polar surface area (TPSA) is 41.6 Å². The molecule has 1 aliphatic heterocycles. The number of halogens is 1. The van der Waals surface area contributed by atoms with Gasteiger partial charge in [0.15, 0.2) is 0 Å². The van der Waals surface area contributed by atoms with Gasteiger partial charge in [-0.15, -0.1) is 0 Å². The van der Waals surface area contributed by atoms with Crippen molar-refractivity contribution in [2.24, 2.45) is 0 Å². The molecular weight excluding hydrogens is 420 g/mol. The Morgan fingerprint density at radius 1 is 0.938 bits per heavy atom. The van der Waals surface area contributed by atoms with Gasteiger partial charge in [-0.1, -0.05) is 67.1 Å². The number of rotatable bonds is 7. The first kappa shape index (κ1) is 22.4. The number of likely N-dealkylation sites (tertiary alicyclic amines) is 1. The normalized spacial score (nSPS) is 14.8. The van der Waals surface area contributed by atoms with E-state index in [9.17, 15) is 4.79 Å². The largest absolute Gasteiger partial charge is 0.412 e. The van der Waals surface area contributed by atoms with Gasteiger partial charge in [0.2, 0.25) is 0 Å². The van der Waals surface area contributed by atoms with Crippen LogP contribution in [0.4, 0.5) is 4.79 Å². The third kappa shape index (κ3) is 6.12. The molecule has 32 heavy (non-hydrogen) atoms. The van der Waals surface area contributed by atoms with E-state index in [0.29, 0.717) is 17.3 Å². The maximum absolute atomic E-state index is 12.2. The molecule has 3 aromatic carbocycles. The summed E-state index contributed by atoms with van der Waals surface area (Å²) >= 11 is 5.94. The molecule has 3 aromatic rings. The van der Waals surface area contributed by atoms with E-state index in [1.54, 1.807) is 12.1 Å². The zero-order chi connectivity index (χ0) is 22.3. The summed E-state index contributed by atoms with van der Waals surface area (Å²) in [6, 6.07) is 23.8. The van der Waals surface area contributed by atoms with E-state index in [2.05, 4.69) is 41.4 Å². The van der Waals surface area contributed by atoms with E-state index >= 15 is 0 Å². The molecule has 1 amide bonds. The smallest absolute Gasteiger partial charge is 0.410 e. The second-order valence-corrected chi connectivity index (χ2v) is 8.86. The summed E-state index contributed by atoms with van der Waals surface area (Å²) in [6.45, 7) is 6.06. The Morgan fingerprint density at radius 2 is 1.53 bits per heavy atom. The maximum atomic E-state index is 12.2. The van der Waals surface area contributed by atoms with Crippen LogP contribution in [-0.2, 0) is 6.54 Å². The molecule has 1 aliphatic rings. The monoisotopic (exact) mass is 448 g/mol. The van der Waals surface area contributed by atoms with Crippen LogP contribution in [-0.4, -0.2) is 30.6 Å². The number of nitrogens with one attached hydrogen (secondary N) is 1. The fourth-order valence-electron chi connectivity index (χ4n) is 4.01. The van der Waals surface area contributed by atoms with Gasteiger partial charge in [0.25, 0.3) is 0 Å². The lowest BCUT2D eigenvalue weighted by Crippen LogP contribution is -2.30. The number of carbonyl (C=O) groups excluding carboxylic acids is 1. The molecule has 5 heteroatoms. The van der Waals surface area contributed by atoms with Crippen LogP contribution in [0.25, 0.3) is 11.1 Å². The van der Waals surface area contributed by atoms with Crippen molar-refractivity contribution in [1.82, 2.24) is 10.2 Å². The molecule has 4 rings (SSSR count). The summed E-state index contributed by atoms with van der Waals surface area (Å²) in [5.41, 5.74) is 4.65. The van der Waals surface area contributed by atoms with Crippen molar-refractivity contribution < 1.29 is 9.53 Å². The van der Waals surface area contributed by atoms with Gasteiger partial charge in [0, 0.05) is 18.1 Å². The SMILES string of the molecule is CC(CNC(=O)Oc1ccc(-c2ccc(Cl)cc2)cc1)c1ccc(CN2CCCC2)cc1. The fraction of sp³-hybridized carbons (Fsp3) is 0.296. The van der Waals surface area contributed by atoms with Crippen LogP contribution < -0.4 is 10.1 Å². The van der Waals surface area contributed by atoms with Gasteiger partial charge in [-0.25, -0.2) is 4.79 Å². The zero-order valence-electron chi connectivity index (χ0n) is 18.4. The average Bonchev–Trinajstić information content (AvgIpc) is 3.32. The van der Waals surface area contributed by atoms with Gasteiger partial charge in [-0.05, 0) is 78.4 Å². The Morgan fingerprint density at radius 3 is 2.16 bits per heavy atom. The van der Waals surface area contributed by atoms with E-state index in [-0.39, 0.29) is 5.92 Å². The Labute approximate surface area is 195 Å². The summed E-state index contributed by atoms with van der Waals surface area (Å²) in [5, 5.41) is 3.58. The predicted octanol–water partition coefficient (Wildman–Crippen LogP) is 6.49. The number of benzene rings is 3. The van der Waals surface area contributed by atoms with Crippen molar-refractivity contribution in [2.75, 3.05) is 19.6 Å². The molecule has 1 saturated heterocycles. The van der Waals surface area contributed by atoms with Crippen molar-refractivity contribution in [1.29, 1.82) is 0 Å². The van der Waals surface area contributed by atoms with Crippen molar-refractivity contribution in [2.45, 2.75) is 32.2 Å². The number of hydrogen-bond donors (Lipinski definition) is 1. The van der Waals surface area contributed by atoms with Crippen LogP contribution in [0.15, 0.2) is 72.8 Å². The number of amides is 1. The highest BCUT2D eigenvalue weighted by atomic mass is 35.5. The van der Waals surface area contributed by atoms with E-state index in [1.807, 2.05) is 36.4 Å². The molecule has 1 fully saturated rings. The minimum Gasteiger partial charge on any atom is -0.410 e. The van der Waals surface area contributed by atoms with Crippen LogP contribution in [0.2, 0.25) is 5.02 Å². The molecule has 0 aliphatic carbocycles. The first-order valence-corrected chi connectivity index (χ1v) is 11.6. The molecule has 0 bridgehead atoms. The van der Waals surface area contributed by atoms with Crippen molar-refractivity contribution in [3.05, 3.63) is 88.9 Å². The molecular formula is C27H29ClN2O2. The zero-order valence-corrected chi connectivity index (χ0v) is 19.1. The number of ether oxygens (including phenoxy) is 1. The highest BCUT2D eigenvalue weighted by Gasteiger charge is 2.13. The van der Waals surface area contributed by atoms with E-state index < -0.39 is 6.09 Å². The first-order valence-electron chi connectivity index (χ1n) is 11.2. The van der Waals surface area contributed by atoms with E-state index in [0.717, 1.165) is 17.7 Å². The molecule has 1 N–H and O–H groups in total.